The van der Waals surface area contributed by atoms with E-state index in [-0.39, 0.29) is 5.41 Å². The van der Waals surface area contributed by atoms with Gasteiger partial charge in [-0.2, -0.15) is 15.2 Å². The van der Waals surface area contributed by atoms with Gasteiger partial charge in [-0.3, -0.25) is 0 Å². The highest BCUT2D eigenvalue weighted by Gasteiger charge is 2.22. The summed E-state index contributed by atoms with van der Waals surface area (Å²) in [5, 5.41) is 9.77. The second kappa shape index (κ2) is 8.50. The van der Waals surface area contributed by atoms with E-state index in [0.29, 0.717) is 28.1 Å². The number of aromatic nitrogens is 1. The highest BCUT2D eigenvalue weighted by Crippen LogP contribution is 2.30. The van der Waals surface area contributed by atoms with Gasteiger partial charge in [0, 0.05) is 22.6 Å². The average molecular weight is 417 g/mol. The van der Waals surface area contributed by atoms with Crippen LogP contribution in [-0.2, 0) is 12.0 Å². The molecule has 3 rings (SSSR count). The fourth-order valence-electron chi connectivity index (χ4n) is 3.04. The van der Waals surface area contributed by atoms with Gasteiger partial charge in [-0.05, 0) is 42.4 Å². The van der Waals surface area contributed by atoms with Crippen LogP contribution in [0.25, 0.3) is 0 Å². The van der Waals surface area contributed by atoms with E-state index in [1.54, 1.807) is 36.6 Å². The number of benzene rings is 1. The summed E-state index contributed by atoms with van der Waals surface area (Å²) in [5.41, 5.74) is 0.637. The molecule has 0 aliphatic heterocycles. The molecule has 0 spiro atoms. The Kier molecular flexibility index (Phi) is 6.26. The number of aliphatic imine (C=N–C) groups is 1. The molecule has 0 saturated heterocycles. The van der Waals surface area contributed by atoms with Crippen LogP contribution in [0.5, 0.6) is 5.75 Å². The Hall–Kier alpha value is -2.10. The van der Waals surface area contributed by atoms with Crippen LogP contribution in [0.15, 0.2) is 34.4 Å². The Balaban J connectivity index is 2.13. The summed E-state index contributed by atoms with van der Waals surface area (Å²) in [6.45, 7) is 7.53. The van der Waals surface area contributed by atoms with Crippen LogP contribution in [0.2, 0.25) is 5.02 Å². The van der Waals surface area contributed by atoms with Crippen molar-refractivity contribution in [1.29, 1.82) is 5.26 Å². The van der Waals surface area contributed by atoms with Crippen LogP contribution >= 0.6 is 22.9 Å². The maximum absolute atomic E-state index is 9.23. The van der Waals surface area contributed by atoms with Crippen molar-refractivity contribution in [1.82, 2.24) is 4.57 Å². The third-order valence-electron chi connectivity index (χ3n) is 4.90. The van der Waals surface area contributed by atoms with Crippen molar-refractivity contribution in [2.24, 2.45) is 15.9 Å². The highest BCUT2D eigenvalue weighted by molar-refractivity contribution is 7.09. The predicted molar refractivity (Wildman–Crippen MR) is 114 cm³/mol. The lowest BCUT2D eigenvalue weighted by molar-refractivity contribution is 0.274. The smallest absolute Gasteiger partial charge is 0.207 e. The number of hydrogen-bond donors (Lipinski definition) is 0. The zero-order valence-electron chi connectivity index (χ0n) is 16.7. The quantitative estimate of drug-likeness (QED) is 0.393. The second-order valence-electron chi connectivity index (χ2n) is 8.07. The molecule has 1 aliphatic carbocycles. The van der Waals surface area contributed by atoms with Crippen LogP contribution in [0.4, 0.5) is 0 Å². The molecule has 0 radical (unpaired) electrons. The number of ether oxygens (including phenoxy) is 1. The maximum atomic E-state index is 9.23. The minimum atomic E-state index is 0.0279. The summed E-state index contributed by atoms with van der Waals surface area (Å²) < 4.78 is 7.64. The second-order valence-corrected chi connectivity index (χ2v) is 9.51. The molecule has 1 aromatic carbocycles. The number of nitriles is 1. The number of methoxy groups -OCH3 is 1. The SMILES string of the molecule is COc1ccc(Cl)cc1C(/N=c1\sc(C(C)(C)C)cn1CC1CCC1)=N\C#N. The van der Waals surface area contributed by atoms with E-state index >= 15 is 0 Å². The van der Waals surface area contributed by atoms with E-state index in [0.717, 1.165) is 11.3 Å². The lowest BCUT2D eigenvalue weighted by Crippen LogP contribution is -2.24. The summed E-state index contributed by atoms with van der Waals surface area (Å²) >= 11 is 7.82. The number of halogens is 1. The van der Waals surface area contributed by atoms with Gasteiger partial charge >= 0.3 is 0 Å². The minimum absolute atomic E-state index is 0.0279. The zero-order chi connectivity index (χ0) is 20.3. The van der Waals surface area contributed by atoms with Crippen molar-refractivity contribution >= 4 is 28.8 Å². The molecular weight excluding hydrogens is 392 g/mol. The molecule has 1 aromatic heterocycles. The van der Waals surface area contributed by atoms with Crippen molar-refractivity contribution in [3.05, 3.63) is 44.7 Å². The van der Waals surface area contributed by atoms with Crippen LogP contribution < -0.4 is 9.54 Å². The van der Waals surface area contributed by atoms with Gasteiger partial charge in [0.1, 0.15) is 5.75 Å². The molecular formula is C21H25ClN4OS. The zero-order valence-corrected chi connectivity index (χ0v) is 18.3. The molecule has 148 valence electrons. The van der Waals surface area contributed by atoms with Crippen LogP contribution in [0, 0.1) is 17.4 Å². The summed E-state index contributed by atoms with van der Waals surface area (Å²) in [6.07, 6.45) is 7.88. The Morgan fingerprint density at radius 1 is 1.39 bits per heavy atom. The molecule has 7 heteroatoms. The van der Waals surface area contributed by atoms with Gasteiger partial charge in [0.15, 0.2) is 10.6 Å². The van der Waals surface area contributed by atoms with Gasteiger partial charge in [-0.1, -0.05) is 38.8 Å². The van der Waals surface area contributed by atoms with Gasteiger partial charge in [-0.15, -0.1) is 11.3 Å². The average Bonchev–Trinajstić information content (AvgIpc) is 3.01. The fraction of sp³-hybridized carbons (Fsp3) is 0.476. The van der Waals surface area contributed by atoms with Crippen molar-refractivity contribution in [3.8, 4) is 11.9 Å². The summed E-state index contributed by atoms with van der Waals surface area (Å²) in [5.74, 6) is 1.59. The van der Waals surface area contributed by atoms with E-state index in [1.165, 1.54) is 24.1 Å². The Morgan fingerprint density at radius 3 is 2.71 bits per heavy atom. The molecule has 2 aromatic rings. The third-order valence-corrected chi connectivity index (χ3v) is 6.58. The molecule has 0 bridgehead atoms. The summed E-state index contributed by atoms with van der Waals surface area (Å²) in [4.78, 5) is 10.9. The monoisotopic (exact) mass is 416 g/mol. The van der Waals surface area contributed by atoms with Crippen molar-refractivity contribution < 1.29 is 4.74 Å². The standard InChI is InChI=1S/C21H25ClN4OS/c1-21(2,3)18-12-26(11-14-6-5-7-14)20(28-18)25-19(24-13-23)16-10-15(22)8-9-17(16)27-4/h8-10,12,14H,5-7,11H2,1-4H3/b24-19+,25-20-. The molecule has 0 unspecified atom stereocenters. The molecule has 1 heterocycles. The van der Waals surface area contributed by atoms with Crippen LogP contribution in [0.3, 0.4) is 0 Å². The fourth-order valence-corrected chi connectivity index (χ4v) is 4.27. The lowest BCUT2D eigenvalue weighted by atomic mass is 9.85. The Morgan fingerprint density at radius 2 is 2.14 bits per heavy atom. The minimum Gasteiger partial charge on any atom is -0.496 e. The molecule has 0 amide bonds. The number of rotatable bonds is 4. The first-order valence-corrected chi connectivity index (χ1v) is 10.6. The van der Waals surface area contributed by atoms with E-state index in [1.807, 2.05) is 6.19 Å². The normalized spacial score (nSPS) is 16.0. The van der Waals surface area contributed by atoms with Crippen LogP contribution in [0.1, 0.15) is 50.5 Å². The number of thiazole rings is 1. The molecule has 0 atom stereocenters. The molecule has 5 nitrogen and oxygen atoms in total. The van der Waals surface area contributed by atoms with Crippen molar-refractivity contribution in [2.75, 3.05) is 7.11 Å². The first kappa shape index (κ1) is 20.6. The molecule has 1 saturated carbocycles. The van der Waals surface area contributed by atoms with E-state index in [2.05, 4.69) is 36.5 Å². The molecule has 0 N–H and O–H groups in total. The van der Waals surface area contributed by atoms with Crippen molar-refractivity contribution in [3.63, 3.8) is 0 Å². The van der Waals surface area contributed by atoms with Gasteiger partial charge < -0.3 is 9.30 Å². The molecule has 28 heavy (non-hydrogen) atoms. The Labute approximate surface area is 175 Å². The van der Waals surface area contributed by atoms with E-state index in [9.17, 15) is 5.26 Å². The topological polar surface area (TPSA) is 62.7 Å². The molecule has 1 aliphatic rings. The largest absolute Gasteiger partial charge is 0.496 e. The molecule has 1 fully saturated rings. The van der Waals surface area contributed by atoms with E-state index in [4.69, 9.17) is 21.3 Å². The van der Waals surface area contributed by atoms with E-state index < -0.39 is 0 Å². The number of nitrogens with zero attached hydrogens (tertiary/aromatic N) is 4. The number of hydrogen-bond acceptors (Lipinski definition) is 4. The van der Waals surface area contributed by atoms with Gasteiger partial charge in [-0.25, -0.2) is 0 Å². The maximum Gasteiger partial charge on any atom is 0.207 e. The highest BCUT2D eigenvalue weighted by atomic mass is 35.5. The number of amidine groups is 1. The van der Waals surface area contributed by atoms with Gasteiger partial charge in [0.05, 0.1) is 12.7 Å². The summed E-state index contributed by atoms with van der Waals surface area (Å²) in [7, 11) is 1.58. The first-order chi connectivity index (χ1) is 13.3. The van der Waals surface area contributed by atoms with Gasteiger partial charge in [0.2, 0.25) is 6.19 Å². The lowest BCUT2D eigenvalue weighted by Gasteiger charge is -2.25. The first-order valence-electron chi connectivity index (χ1n) is 9.38. The van der Waals surface area contributed by atoms with Gasteiger partial charge in [0.25, 0.3) is 0 Å². The Bertz CT molecular complexity index is 987. The third kappa shape index (κ3) is 4.65. The summed E-state index contributed by atoms with van der Waals surface area (Å²) in [6, 6.07) is 5.24. The van der Waals surface area contributed by atoms with Crippen molar-refractivity contribution in [2.45, 2.75) is 52.0 Å². The van der Waals surface area contributed by atoms with Crippen LogP contribution in [-0.4, -0.2) is 17.5 Å². The predicted octanol–water partition coefficient (Wildman–Crippen LogP) is 5.14.